The summed E-state index contributed by atoms with van der Waals surface area (Å²) in [4.78, 5) is 12.8. The SMILES string of the molecule is CN(C(=O)c1ccc(N)c(N)c1)C1(C(F)(F)F)CC1. The van der Waals surface area contributed by atoms with Gasteiger partial charge in [-0.25, -0.2) is 0 Å². The first-order valence-electron chi connectivity index (χ1n) is 5.69. The van der Waals surface area contributed by atoms with Crippen LogP contribution in [0, 0.1) is 0 Å². The molecule has 0 atom stereocenters. The zero-order valence-electron chi connectivity index (χ0n) is 10.3. The Labute approximate surface area is 108 Å². The number of alkyl halides is 3. The number of benzene rings is 1. The summed E-state index contributed by atoms with van der Waals surface area (Å²) in [5, 5.41) is 0. The van der Waals surface area contributed by atoms with Gasteiger partial charge < -0.3 is 16.4 Å². The second-order valence-corrected chi connectivity index (χ2v) is 4.74. The number of carbonyl (C=O) groups excluding carboxylic acids is 1. The fraction of sp³-hybridized carbons (Fsp3) is 0.417. The zero-order chi connectivity index (χ0) is 14.4. The lowest BCUT2D eigenvalue weighted by Gasteiger charge is -2.30. The first-order valence-corrected chi connectivity index (χ1v) is 5.69. The first kappa shape index (κ1) is 13.5. The predicted molar refractivity (Wildman–Crippen MR) is 65.4 cm³/mol. The second-order valence-electron chi connectivity index (χ2n) is 4.74. The maximum atomic E-state index is 12.9. The summed E-state index contributed by atoms with van der Waals surface area (Å²) in [6, 6.07) is 4.07. The average Bonchev–Trinajstić information content (AvgIpc) is 3.11. The van der Waals surface area contributed by atoms with Crippen molar-refractivity contribution in [3.8, 4) is 0 Å². The van der Waals surface area contributed by atoms with Gasteiger partial charge in [0.1, 0.15) is 5.54 Å². The molecule has 4 N–H and O–H groups in total. The summed E-state index contributed by atoms with van der Waals surface area (Å²) >= 11 is 0. The molecule has 1 saturated carbocycles. The van der Waals surface area contributed by atoms with Crippen molar-refractivity contribution < 1.29 is 18.0 Å². The van der Waals surface area contributed by atoms with Crippen molar-refractivity contribution in [1.82, 2.24) is 4.90 Å². The molecule has 1 aromatic rings. The summed E-state index contributed by atoms with van der Waals surface area (Å²) in [7, 11) is 1.16. The number of halogens is 3. The lowest BCUT2D eigenvalue weighted by Crippen LogP contribution is -2.49. The van der Waals surface area contributed by atoms with Crippen LogP contribution < -0.4 is 11.5 Å². The average molecular weight is 273 g/mol. The number of hydrogen-bond donors (Lipinski definition) is 2. The van der Waals surface area contributed by atoms with Crippen LogP contribution in [0.25, 0.3) is 0 Å². The summed E-state index contributed by atoms with van der Waals surface area (Å²) in [5.41, 5.74) is 9.59. The van der Waals surface area contributed by atoms with E-state index in [4.69, 9.17) is 11.5 Å². The van der Waals surface area contributed by atoms with Gasteiger partial charge in [-0.05, 0) is 31.0 Å². The Bertz CT molecular complexity index is 523. The monoisotopic (exact) mass is 273 g/mol. The van der Waals surface area contributed by atoms with Crippen LogP contribution >= 0.6 is 0 Å². The fourth-order valence-electron chi connectivity index (χ4n) is 2.02. The molecule has 4 nitrogen and oxygen atoms in total. The number of nitrogens with two attached hydrogens (primary N) is 2. The molecule has 0 bridgehead atoms. The highest BCUT2D eigenvalue weighted by Gasteiger charge is 2.67. The molecule has 104 valence electrons. The Hall–Kier alpha value is -1.92. The smallest absolute Gasteiger partial charge is 0.397 e. The van der Waals surface area contributed by atoms with Gasteiger partial charge in [-0.3, -0.25) is 4.79 Å². The van der Waals surface area contributed by atoms with Crippen LogP contribution in [0.15, 0.2) is 18.2 Å². The normalized spacial score (nSPS) is 17.1. The molecule has 1 aromatic carbocycles. The van der Waals surface area contributed by atoms with E-state index in [-0.39, 0.29) is 29.8 Å². The van der Waals surface area contributed by atoms with Gasteiger partial charge in [-0.2, -0.15) is 13.2 Å². The van der Waals surface area contributed by atoms with E-state index in [9.17, 15) is 18.0 Å². The van der Waals surface area contributed by atoms with Crippen molar-refractivity contribution in [2.45, 2.75) is 24.6 Å². The third-order valence-corrected chi connectivity index (χ3v) is 3.53. The molecule has 19 heavy (non-hydrogen) atoms. The largest absolute Gasteiger partial charge is 0.411 e. The number of anilines is 2. The van der Waals surface area contributed by atoms with E-state index >= 15 is 0 Å². The molecule has 0 aliphatic heterocycles. The van der Waals surface area contributed by atoms with Crippen molar-refractivity contribution >= 4 is 17.3 Å². The molecule has 0 unspecified atom stereocenters. The van der Waals surface area contributed by atoms with Gasteiger partial charge in [-0.15, -0.1) is 0 Å². The van der Waals surface area contributed by atoms with Gasteiger partial charge in [0.05, 0.1) is 11.4 Å². The van der Waals surface area contributed by atoms with E-state index in [1.54, 1.807) is 0 Å². The molecule has 1 amide bonds. The zero-order valence-corrected chi connectivity index (χ0v) is 10.3. The number of nitrogens with zero attached hydrogens (tertiary/aromatic N) is 1. The molecule has 1 aliphatic carbocycles. The molecular weight excluding hydrogens is 259 g/mol. The van der Waals surface area contributed by atoms with Gasteiger partial charge in [0.2, 0.25) is 0 Å². The molecule has 2 rings (SSSR count). The number of nitrogen functional groups attached to an aromatic ring is 2. The van der Waals surface area contributed by atoms with Crippen LogP contribution in [0.1, 0.15) is 23.2 Å². The molecular formula is C12H14F3N3O. The van der Waals surface area contributed by atoms with Crippen molar-refractivity contribution in [3.05, 3.63) is 23.8 Å². The van der Waals surface area contributed by atoms with Crippen molar-refractivity contribution in [1.29, 1.82) is 0 Å². The molecule has 0 radical (unpaired) electrons. The minimum Gasteiger partial charge on any atom is -0.397 e. The number of hydrogen-bond acceptors (Lipinski definition) is 3. The van der Waals surface area contributed by atoms with Gasteiger partial charge >= 0.3 is 6.18 Å². The quantitative estimate of drug-likeness (QED) is 0.810. The highest BCUT2D eigenvalue weighted by atomic mass is 19.4. The van der Waals surface area contributed by atoms with E-state index in [1.165, 1.54) is 18.2 Å². The van der Waals surface area contributed by atoms with Gasteiger partial charge in [-0.1, -0.05) is 0 Å². The third-order valence-electron chi connectivity index (χ3n) is 3.53. The lowest BCUT2D eigenvalue weighted by atomic mass is 10.1. The maximum Gasteiger partial charge on any atom is 0.411 e. The van der Waals surface area contributed by atoms with Crippen molar-refractivity contribution in [2.75, 3.05) is 18.5 Å². The molecule has 0 heterocycles. The van der Waals surface area contributed by atoms with E-state index in [1.807, 2.05) is 0 Å². The highest BCUT2D eigenvalue weighted by molar-refractivity contribution is 5.96. The topological polar surface area (TPSA) is 72.3 Å². The summed E-state index contributed by atoms with van der Waals surface area (Å²) < 4.78 is 38.8. The Morgan fingerprint density at radius 3 is 2.26 bits per heavy atom. The summed E-state index contributed by atoms with van der Waals surface area (Å²) in [5.74, 6) is -0.707. The molecule has 7 heteroatoms. The molecule has 0 spiro atoms. The van der Waals surface area contributed by atoms with E-state index < -0.39 is 17.6 Å². The Kier molecular flexibility index (Phi) is 2.87. The van der Waals surface area contributed by atoms with Crippen molar-refractivity contribution in [3.63, 3.8) is 0 Å². The standard InChI is InChI=1S/C12H14F3N3O/c1-18(11(4-5-11)12(13,14)15)10(19)7-2-3-8(16)9(17)6-7/h2-3,6H,4-5,16-17H2,1H3. The van der Waals surface area contributed by atoms with E-state index in [0.717, 1.165) is 11.9 Å². The minimum atomic E-state index is -4.42. The van der Waals surface area contributed by atoms with Crippen LogP contribution in [-0.2, 0) is 0 Å². The second kappa shape index (κ2) is 4.04. The van der Waals surface area contributed by atoms with Crippen molar-refractivity contribution in [2.24, 2.45) is 0 Å². The predicted octanol–water partition coefficient (Wildman–Crippen LogP) is 2.02. The van der Waals surface area contributed by atoms with E-state index in [0.29, 0.717) is 0 Å². The van der Waals surface area contributed by atoms with Gasteiger partial charge in [0.25, 0.3) is 5.91 Å². The van der Waals surface area contributed by atoms with Gasteiger partial charge in [0, 0.05) is 12.6 Å². The molecule has 0 aromatic heterocycles. The lowest BCUT2D eigenvalue weighted by molar-refractivity contribution is -0.185. The van der Waals surface area contributed by atoms with Crippen LogP contribution in [-0.4, -0.2) is 29.6 Å². The summed E-state index contributed by atoms with van der Waals surface area (Å²) in [6.45, 7) is 0. The highest BCUT2D eigenvalue weighted by Crippen LogP contribution is 2.53. The number of carbonyl (C=O) groups is 1. The van der Waals surface area contributed by atoms with Crippen LogP contribution in [0.5, 0.6) is 0 Å². The van der Waals surface area contributed by atoms with Crippen LogP contribution in [0.2, 0.25) is 0 Å². The number of amides is 1. The molecule has 1 fully saturated rings. The van der Waals surface area contributed by atoms with Crippen LogP contribution in [0.4, 0.5) is 24.5 Å². The first-order chi connectivity index (χ1) is 8.69. The van der Waals surface area contributed by atoms with E-state index in [2.05, 4.69) is 0 Å². The Morgan fingerprint density at radius 1 is 1.26 bits per heavy atom. The summed E-state index contributed by atoms with van der Waals surface area (Å²) in [6.07, 6.45) is -4.55. The third kappa shape index (κ3) is 2.09. The maximum absolute atomic E-state index is 12.9. The molecule has 0 saturated heterocycles. The Morgan fingerprint density at radius 2 is 1.84 bits per heavy atom. The molecule has 1 aliphatic rings. The Balaban J connectivity index is 2.27. The fourth-order valence-corrected chi connectivity index (χ4v) is 2.02. The van der Waals surface area contributed by atoms with Gasteiger partial charge in [0.15, 0.2) is 0 Å². The minimum absolute atomic E-state index is 0.0663. The number of rotatable bonds is 2. The van der Waals surface area contributed by atoms with Crippen LogP contribution in [0.3, 0.4) is 0 Å².